The van der Waals surface area contributed by atoms with Crippen molar-refractivity contribution in [2.24, 2.45) is 0 Å². The Morgan fingerprint density at radius 1 is 1.18 bits per heavy atom. The maximum absolute atomic E-state index is 10.6. The van der Waals surface area contributed by atoms with E-state index in [2.05, 4.69) is 0 Å². The quantitative estimate of drug-likeness (QED) is 0.865. The molecule has 1 fully saturated rings. The Morgan fingerprint density at radius 2 is 1.88 bits per heavy atom. The topological polar surface area (TPSA) is 29.5 Å². The number of aliphatic hydroxyl groups is 1. The van der Waals surface area contributed by atoms with E-state index in [1.807, 2.05) is 38.1 Å². The summed E-state index contributed by atoms with van der Waals surface area (Å²) >= 11 is 0. The third-order valence-electron chi connectivity index (χ3n) is 3.42. The summed E-state index contributed by atoms with van der Waals surface area (Å²) in [6, 6.07) is 7.93. The predicted molar refractivity (Wildman–Crippen MR) is 69.2 cm³/mol. The normalized spacial score (nSPS) is 19.3. The fourth-order valence-electron chi connectivity index (χ4n) is 2.56. The Morgan fingerprint density at radius 3 is 2.53 bits per heavy atom. The van der Waals surface area contributed by atoms with Crippen LogP contribution in [0.4, 0.5) is 0 Å². The van der Waals surface area contributed by atoms with Gasteiger partial charge in [-0.3, -0.25) is 0 Å². The van der Waals surface area contributed by atoms with Crippen LogP contribution in [0.25, 0.3) is 0 Å². The van der Waals surface area contributed by atoms with Gasteiger partial charge in [0.2, 0.25) is 0 Å². The summed E-state index contributed by atoms with van der Waals surface area (Å²) in [5.74, 6) is 0.858. The molecule has 0 bridgehead atoms. The van der Waals surface area contributed by atoms with Crippen molar-refractivity contribution in [2.75, 3.05) is 0 Å². The van der Waals surface area contributed by atoms with E-state index < -0.39 is 5.60 Å². The zero-order chi connectivity index (χ0) is 12.3. The second kappa shape index (κ2) is 5.09. The van der Waals surface area contributed by atoms with E-state index in [9.17, 15) is 5.11 Å². The van der Waals surface area contributed by atoms with E-state index in [-0.39, 0.29) is 6.10 Å². The molecule has 1 N–H and O–H groups in total. The van der Waals surface area contributed by atoms with Crippen LogP contribution in [0.1, 0.15) is 51.5 Å². The Kier molecular flexibility index (Phi) is 3.72. The summed E-state index contributed by atoms with van der Waals surface area (Å²) in [6.07, 6.45) is 5.39. The molecule has 0 saturated heterocycles. The summed E-state index contributed by atoms with van der Waals surface area (Å²) in [4.78, 5) is 0. The first-order chi connectivity index (χ1) is 8.10. The lowest BCUT2D eigenvalue weighted by atomic mass is 9.80. The van der Waals surface area contributed by atoms with Crippen molar-refractivity contribution in [1.29, 1.82) is 0 Å². The van der Waals surface area contributed by atoms with Crippen molar-refractivity contribution in [3.05, 3.63) is 29.8 Å². The van der Waals surface area contributed by atoms with E-state index in [1.54, 1.807) is 0 Å². The molecule has 2 nitrogen and oxygen atoms in total. The molecule has 0 aliphatic heterocycles. The summed E-state index contributed by atoms with van der Waals surface area (Å²) in [6.45, 7) is 4.03. The molecule has 1 aliphatic rings. The minimum Gasteiger partial charge on any atom is -0.491 e. The Labute approximate surface area is 104 Å². The second-order valence-electron chi connectivity index (χ2n) is 5.29. The van der Waals surface area contributed by atoms with Crippen molar-refractivity contribution >= 4 is 0 Å². The van der Waals surface area contributed by atoms with Crippen LogP contribution in [-0.2, 0) is 5.60 Å². The van der Waals surface area contributed by atoms with Crippen LogP contribution in [0.3, 0.4) is 0 Å². The van der Waals surface area contributed by atoms with Gasteiger partial charge in [0.15, 0.2) is 0 Å². The van der Waals surface area contributed by atoms with Gasteiger partial charge in [-0.1, -0.05) is 31.4 Å². The number of hydrogen-bond acceptors (Lipinski definition) is 2. The molecule has 0 atom stereocenters. The van der Waals surface area contributed by atoms with Crippen LogP contribution >= 0.6 is 0 Å². The van der Waals surface area contributed by atoms with Gasteiger partial charge < -0.3 is 9.84 Å². The van der Waals surface area contributed by atoms with E-state index >= 15 is 0 Å². The highest BCUT2D eigenvalue weighted by Crippen LogP contribution is 2.37. The number of hydrogen-bond donors (Lipinski definition) is 1. The minimum absolute atomic E-state index is 0.172. The minimum atomic E-state index is -0.630. The first-order valence-electron chi connectivity index (χ1n) is 6.60. The molecule has 17 heavy (non-hydrogen) atoms. The standard InChI is InChI=1S/C15H22O2/c1-12(2)17-14-8-6-7-13(11-14)15(16)9-4-3-5-10-15/h6-8,11-12,16H,3-5,9-10H2,1-2H3. The van der Waals surface area contributed by atoms with Crippen LogP contribution in [0, 0.1) is 0 Å². The lowest BCUT2D eigenvalue weighted by Gasteiger charge is -2.32. The highest BCUT2D eigenvalue weighted by atomic mass is 16.5. The van der Waals surface area contributed by atoms with Crippen LogP contribution in [0.15, 0.2) is 24.3 Å². The van der Waals surface area contributed by atoms with Crippen LogP contribution < -0.4 is 4.74 Å². The number of benzene rings is 1. The molecule has 0 radical (unpaired) electrons. The first-order valence-corrected chi connectivity index (χ1v) is 6.60. The van der Waals surface area contributed by atoms with Gasteiger partial charge in [-0.25, -0.2) is 0 Å². The maximum Gasteiger partial charge on any atom is 0.120 e. The van der Waals surface area contributed by atoms with Crippen molar-refractivity contribution in [3.63, 3.8) is 0 Å². The number of ether oxygens (including phenoxy) is 1. The van der Waals surface area contributed by atoms with E-state index in [1.165, 1.54) is 6.42 Å². The van der Waals surface area contributed by atoms with E-state index in [0.717, 1.165) is 37.0 Å². The molecule has 2 heteroatoms. The van der Waals surface area contributed by atoms with Crippen LogP contribution in [-0.4, -0.2) is 11.2 Å². The van der Waals surface area contributed by atoms with Gasteiger partial charge in [0.25, 0.3) is 0 Å². The highest BCUT2D eigenvalue weighted by Gasteiger charge is 2.31. The monoisotopic (exact) mass is 234 g/mol. The highest BCUT2D eigenvalue weighted by molar-refractivity contribution is 5.32. The van der Waals surface area contributed by atoms with Gasteiger partial charge in [-0.15, -0.1) is 0 Å². The Bertz CT molecular complexity index is 365. The summed E-state index contributed by atoms with van der Waals surface area (Å²) in [5.41, 5.74) is 0.379. The number of rotatable bonds is 3. The van der Waals surface area contributed by atoms with Crippen LogP contribution in [0.5, 0.6) is 5.75 Å². The maximum atomic E-state index is 10.6. The molecule has 1 aromatic rings. The molecule has 0 amide bonds. The molecule has 0 aromatic heterocycles. The lowest BCUT2D eigenvalue weighted by Crippen LogP contribution is -2.28. The van der Waals surface area contributed by atoms with Crippen molar-refractivity contribution in [1.82, 2.24) is 0 Å². The average Bonchev–Trinajstić information content (AvgIpc) is 2.29. The van der Waals surface area contributed by atoms with E-state index in [0.29, 0.717) is 0 Å². The molecular formula is C15H22O2. The van der Waals surface area contributed by atoms with E-state index in [4.69, 9.17) is 4.74 Å². The average molecular weight is 234 g/mol. The summed E-state index contributed by atoms with van der Waals surface area (Å²) < 4.78 is 5.68. The molecule has 94 valence electrons. The first kappa shape index (κ1) is 12.4. The lowest BCUT2D eigenvalue weighted by molar-refractivity contribution is -0.000892. The zero-order valence-corrected chi connectivity index (χ0v) is 10.8. The largest absolute Gasteiger partial charge is 0.491 e. The smallest absolute Gasteiger partial charge is 0.120 e. The fourth-order valence-corrected chi connectivity index (χ4v) is 2.56. The molecule has 0 unspecified atom stereocenters. The third kappa shape index (κ3) is 3.01. The predicted octanol–water partition coefficient (Wildman–Crippen LogP) is 3.63. The molecule has 1 aliphatic carbocycles. The summed E-state index contributed by atoms with van der Waals surface area (Å²) in [5, 5.41) is 10.6. The van der Waals surface area contributed by atoms with Gasteiger partial charge in [0.1, 0.15) is 5.75 Å². The van der Waals surface area contributed by atoms with Crippen molar-refractivity contribution in [2.45, 2.75) is 57.7 Å². The molecular weight excluding hydrogens is 212 g/mol. The van der Waals surface area contributed by atoms with Gasteiger partial charge >= 0.3 is 0 Å². The molecule has 1 saturated carbocycles. The zero-order valence-electron chi connectivity index (χ0n) is 10.8. The summed E-state index contributed by atoms with van der Waals surface area (Å²) in [7, 11) is 0. The molecule has 0 spiro atoms. The Balaban J connectivity index is 2.19. The third-order valence-corrected chi connectivity index (χ3v) is 3.42. The van der Waals surface area contributed by atoms with Crippen molar-refractivity contribution < 1.29 is 9.84 Å². The van der Waals surface area contributed by atoms with Gasteiger partial charge in [0, 0.05) is 0 Å². The SMILES string of the molecule is CC(C)Oc1cccc(C2(O)CCCCC2)c1. The van der Waals surface area contributed by atoms with Gasteiger partial charge in [0.05, 0.1) is 11.7 Å². The molecule has 1 aromatic carbocycles. The van der Waals surface area contributed by atoms with Crippen LogP contribution in [0.2, 0.25) is 0 Å². The second-order valence-corrected chi connectivity index (χ2v) is 5.29. The van der Waals surface area contributed by atoms with Gasteiger partial charge in [-0.05, 0) is 44.4 Å². The molecule has 0 heterocycles. The molecule has 2 rings (SSSR count). The Hall–Kier alpha value is -1.02. The van der Waals surface area contributed by atoms with Gasteiger partial charge in [-0.2, -0.15) is 0 Å². The fraction of sp³-hybridized carbons (Fsp3) is 0.600. The van der Waals surface area contributed by atoms with Crippen molar-refractivity contribution in [3.8, 4) is 5.75 Å².